The Bertz CT molecular complexity index is 620. The summed E-state index contributed by atoms with van der Waals surface area (Å²) in [5.74, 6) is 0.220. The van der Waals surface area contributed by atoms with Crippen LogP contribution in [0.3, 0.4) is 0 Å². The lowest BCUT2D eigenvalue weighted by atomic mass is 10.1. The highest BCUT2D eigenvalue weighted by atomic mass is 16.1. The molecule has 0 bridgehead atoms. The average molecular weight is 283 g/mol. The van der Waals surface area contributed by atoms with E-state index in [0.29, 0.717) is 11.4 Å². The number of rotatable bonds is 5. The van der Waals surface area contributed by atoms with Gasteiger partial charge in [0.15, 0.2) is 0 Å². The highest BCUT2D eigenvalue weighted by Crippen LogP contribution is 2.14. The number of nitrogen functional groups attached to an aromatic ring is 1. The molecule has 0 radical (unpaired) electrons. The van der Waals surface area contributed by atoms with Crippen LogP contribution in [0.2, 0.25) is 0 Å². The molecule has 2 aromatic rings. The van der Waals surface area contributed by atoms with E-state index >= 15 is 0 Å². The van der Waals surface area contributed by atoms with Crippen molar-refractivity contribution < 1.29 is 4.79 Å². The van der Waals surface area contributed by atoms with E-state index in [0.717, 1.165) is 30.6 Å². The maximum atomic E-state index is 12.3. The SMILES string of the molecule is CCCc1cc(C(=O)Nc2ccc(CC)cc2)cc(N)n1. The molecular formula is C17H21N3O. The van der Waals surface area contributed by atoms with E-state index in [1.807, 2.05) is 24.3 Å². The highest BCUT2D eigenvalue weighted by molar-refractivity contribution is 6.04. The van der Waals surface area contributed by atoms with Gasteiger partial charge in [-0.2, -0.15) is 0 Å². The summed E-state index contributed by atoms with van der Waals surface area (Å²) in [4.78, 5) is 16.5. The van der Waals surface area contributed by atoms with E-state index in [-0.39, 0.29) is 5.91 Å². The summed E-state index contributed by atoms with van der Waals surface area (Å²) < 4.78 is 0. The quantitative estimate of drug-likeness (QED) is 0.883. The Morgan fingerprint density at radius 2 is 1.90 bits per heavy atom. The summed E-state index contributed by atoms with van der Waals surface area (Å²) in [6.07, 6.45) is 2.77. The van der Waals surface area contributed by atoms with Crippen molar-refractivity contribution in [1.29, 1.82) is 0 Å². The first-order chi connectivity index (χ1) is 10.1. The Morgan fingerprint density at radius 3 is 2.52 bits per heavy atom. The topological polar surface area (TPSA) is 68.0 Å². The van der Waals surface area contributed by atoms with Gasteiger partial charge in [0.2, 0.25) is 0 Å². The fourth-order valence-corrected chi connectivity index (χ4v) is 2.15. The summed E-state index contributed by atoms with van der Waals surface area (Å²) in [7, 11) is 0. The predicted octanol–water partition coefficient (Wildman–Crippen LogP) is 3.43. The molecule has 0 fully saturated rings. The van der Waals surface area contributed by atoms with Crippen molar-refractivity contribution in [1.82, 2.24) is 4.98 Å². The Kier molecular flexibility index (Phi) is 4.93. The molecule has 0 aliphatic rings. The predicted molar refractivity (Wildman–Crippen MR) is 86.4 cm³/mol. The third-order valence-electron chi connectivity index (χ3n) is 3.29. The van der Waals surface area contributed by atoms with Gasteiger partial charge in [-0.3, -0.25) is 4.79 Å². The molecule has 1 amide bonds. The van der Waals surface area contributed by atoms with Crippen LogP contribution in [0.15, 0.2) is 36.4 Å². The van der Waals surface area contributed by atoms with E-state index in [1.54, 1.807) is 12.1 Å². The fourth-order valence-electron chi connectivity index (χ4n) is 2.15. The minimum absolute atomic E-state index is 0.161. The minimum atomic E-state index is -0.161. The van der Waals surface area contributed by atoms with E-state index in [2.05, 4.69) is 24.1 Å². The van der Waals surface area contributed by atoms with Gasteiger partial charge in [-0.15, -0.1) is 0 Å². The summed E-state index contributed by atoms with van der Waals surface area (Å²) >= 11 is 0. The number of carbonyl (C=O) groups excluding carboxylic acids is 1. The van der Waals surface area contributed by atoms with Crippen molar-refractivity contribution in [3.05, 3.63) is 53.2 Å². The Hall–Kier alpha value is -2.36. The first kappa shape index (κ1) is 15.0. The molecule has 0 saturated carbocycles. The molecule has 1 aromatic heterocycles. The molecule has 0 unspecified atom stereocenters. The van der Waals surface area contributed by atoms with Crippen molar-refractivity contribution in [2.75, 3.05) is 11.1 Å². The zero-order valence-corrected chi connectivity index (χ0v) is 12.5. The molecular weight excluding hydrogens is 262 g/mol. The second kappa shape index (κ2) is 6.88. The van der Waals surface area contributed by atoms with Crippen LogP contribution in [0, 0.1) is 0 Å². The van der Waals surface area contributed by atoms with Crippen molar-refractivity contribution in [3.8, 4) is 0 Å². The second-order valence-electron chi connectivity index (χ2n) is 5.03. The number of nitrogens with two attached hydrogens (primary N) is 1. The van der Waals surface area contributed by atoms with E-state index in [9.17, 15) is 4.79 Å². The normalized spacial score (nSPS) is 10.4. The first-order valence-corrected chi connectivity index (χ1v) is 7.29. The second-order valence-corrected chi connectivity index (χ2v) is 5.03. The van der Waals surface area contributed by atoms with Gasteiger partial charge in [0.05, 0.1) is 0 Å². The number of carbonyl (C=O) groups is 1. The minimum Gasteiger partial charge on any atom is -0.384 e. The number of aromatic nitrogens is 1. The first-order valence-electron chi connectivity index (χ1n) is 7.29. The van der Waals surface area contributed by atoms with Gasteiger partial charge >= 0.3 is 0 Å². The van der Waals surface area contributed by atoms with Crippen molar-refractivity contribution in [3.63, 3.8) is 0 Å². The van der Waals surface area contributed by atoms with Gasteiger partial charge in [0.1, 0.15) is 5.82 Å². The molecule has 1 aromatic carbocycles. The number of nitrogens with zero attached hydrogens (tertiary/aromatic N) is 1. The molecule has 3 N–H and O–H groups in total. The summed E-state index contributed by atoms with van der Waals surface area (Å²) in [5, 5.41) is 2.88. The third-order valence-corrected chi connectivity index (χ3v) is 3.29. The Morgan fingerprint density at radius 1 is 1.19 bits per heavy atom. The molecule has 0 spiro atoms. The summed E-state index contributed by atoms with van der Waals surface area (Å²) in [5.41, 5.74) is 9.19. The molecule has 0 atom stereocenters. The number of benzene rings is 1. The molecule has 4 heteroatoms. The van der Waals surface area contributed by atoms with Crippen LogP contribution >= 0.6 is 0 Å². The number of aryl methyl sites for hydroxylation is 2. The average Bonchev–Trinajstić information content (AvgIpc) is 2.48. The smallest absolute Gasteiger partial charge is 0.255 e. The van der Waals surface area contributed by atoms with Gasteiger partial charge in [-0.25, -0.2) is 4.98 Å². The molecule has 2 rings (SSSR count). The zero-order valence-electron chi connectivity index (χ0n) is 12.5. The maximum absolute atomic E-state index is 12.3. The van der Waals surface area contributed by atoms with E-state index in [4.69, 9.17) is 5.73 Å². The molecule has 1 heterocycles. The lowest BCUT2D eigenvalue weighted by Crippen LogP contribution is -2.13. The van der Waals surface area contributed by atoms with Crippen LogP contribution in [0.5, 0.6) is 0 Å². The summed E-state index contributed by atoms with van der Waals surface area (Å²) in [6.45, 7) is 4.17. The lowest BCUT2D eigenvalue weighted by Gasteiger charge is -2.08. The van der Waals surface area contributed by atoms with Gasteiger partial charge in [0.25, 0.3) is 5.91 Å². The molecule has 0 saturated heterocycles. The number of pyridine rings is 1. The van der Waals surface area contributed by atoms with Crippen LogP contribution in [-0.4, -0.2) is 10.9 Å². The monoisotopic (exact) mass is 283 g/mol. The molecule has 21 heavy (non-hydrogen) atoms. The Balaban J connectivity index is 2.15. The number of nitrogens with one attached hydrogen (secondary N) is 1. The van der Waals surface area contributed by atoms with E-state index in [1.165, 1.54) is 5.56 Å². The molecule has 0 aliphatic carbocycles. The fraction of sp³-hybridized carbons (Fsp3) is 0.294. The zero-order chi connectivity index (χ0) is 15.2. The number of hydrogen-bond donors (Lipinski definition) is 2. The largest absolute Gasteiger partial charge is 0.384 e. The maximum Gasteiger partial charge on any atom is 0.255 e. The summed E-state index contributed by atoms with van der Waals surface area (Å²) in [6, 6.07) is 11.3. The van der Waals surface area contributed by atoms with Crippen LogP contribution in [0.4, 0.5) is 11.5 Å². The van der Waals surface area contributed by atoms with Crippen LogP contribution in [0.25, 0.3) is 0 Å². The molecule has 110 valence electrons. The number of hydrogen-bond acceptors (Lipinski definition) is 3. The van der Waals surface area contributed by atoms with Crippen molar-refractivity contribution in [2.24, 2.45) is 0 Å². The number of amides is 1. The number of anilines is 2. The van der Waals surface area contributed by atoms with Gasteiger partial charge < -0.3 is 11.1 Å². The van der Waals surface area contributed by atoms with Gasteiger partial charge in [-0.05, 0) is 42.7 Å². The highest BCUT2D eigenvalue weighted by Gasteiger charge is 2.09. The van der Waals surface area contributed by atoms with Crippen LogP contribution in [-0.2, 0) is 12.8 Å². The Labute approximate surface area is 125 Å². The van der Waals surface area contributed by atoms with Crippen LogP contribution in [0.1, 0.15) is 41.9 Å². The van der Waals surface area contributed by atoms with Gasteiger partial charge in [0, 0.05) is 16.9 Å². The van der Waals surface area contributed by atoms with Crippen molar-refractivity contribution in [2.45, 2.75) is 33.1 Å². The third kappa shape index (κ3) is 4.05. The van der Waals surface area contributed by atoms with Gasteiger partial charge in [-0.1, -0.05) is 32.4 Å². The van der Waals surface area contributed by atoms with Crippen molar-refractivity contribution >= 4 is 17.4 Å². The lowest BCUT2D eigenvalue weighted by molar-refractivity contribution is 0.102. The standard InChI is InChI=1S/C17H21N3O/c1-3-5-15-10-13(11-16(18)19-15)17(21)20-14-8-6-12(4-2)7-9-14/h6-11H,3-5H2,1-2H3,(H2,18,19)(H,20,21). The molecule has 4 nitrogen and oxygen atoms in total. The van der Waals surface area contributed by atoms with Crippen LogP contribution < -0.4 is 11.1 Å². The van der Waals surface area contributed by atoms with E-state index < -0.39 is 0 Å². The molecule has 0 aliphatic heterocycles.